The van der Waals surface area contributed by atoms with E-state index in [0.717, 1.165) is 17.6 Å². The number of fused-ring (bicyclic) bond motifs is 3. The van der Waals surface area contributed by atoms with Gasteiger partial charge in [-0.15, -0.1) is 0 Å². The maximum Gasteiger partial charge on any atom is 0.268 e. The molecular formula is C10H9N3O. The fourth-order valence-electron chi connectivity index (χ4n) is 1.89. The number of amides is 1. The van der Waals surface area contributed by atoms with E-state index < -0.39 is 0 Å². The Labute approximate surface area is 80.6 Å². The molecule has 0 fully saturated rings. The molecule has 1 aliphatic rings. The molecule has 4 nitrogen and oxygen atoms in total. The summed E-state index contributed by atoms with van der Waals surface area (Å²) in [6, 6.07) is 5.72. The molecule has 1 amide bonds. The maximum absolute atomic E-state index is 11.5. The lowest BCUT2D eigenvalue weighted by Crippen LogP contribution is -2.34. The van der Waals surface area contributed by atoms with Crippen LogP contribution in [0.25, 0.3) is 11.0 Å². The van der Waals surface area contributed by atoms with Crippen LogP contribution in [-0.2, 0) is 6.54 Å². The zero-order valence-corrected chi connectivity index (χ0v) is 7.53. The first-order valence-electron chi connectivity index (χ1n) is 4.59. The minimum absolute atomic E-state index is 0.00532. The Bertz CT molecular complexity index is 515. The SMILES string of the molecule is O=C1NCCn2c1cc1ncccc12. The third-order valence-electron chi connectivity index (χ3n) is 2.52. The molecule has 0 atom stereocenters. The molecule has 14 heavy (non-hydrogen) atoms. The van der Waals surface area contributed by atoms with Crippen LogP contribution in [0.1, 0.15) is 10.5 Å². The highest BCUT2D eigenvalue weighted by molar-refractivity contribution is 5.98. The molecule has 1 aliphatic heterocycles. The van der Waals surface area contributed by atoms with Crippen molar-refractivity contribution in [2.24, 2.45) is 0 Å². The molecule has 3 rings (SSSR count). The van der Waals surface area contributed by atoms with Crippen molar-refractivity contribution in [2.75, 3.05) is 6.54 Å². The lowest BCUT2D eigenvalue weighted by atomic mass is 10.3. The van der Waals surface area contributed by atoms with Crippen LogP contribution in [0.4, 0.5) is 0 Å². The first-order chi connectivity index (χ1) is 6.86. The Kier molecular flexibility index (Phi) is 1.39. The van der Waals surface area contributed by atoms with Crippen molar-refractivity contribution in [3.8, 4) is 0 Å². The highest BCUT2D eigenvalue weighted by Crippen LogP contribution is 2.18. The minimum atomic E-state index is -0.00532. The summed E-state index contributed by atoms with van der Waals surface area (Å²) >= 11 is 0. The molecule has 4 heteroatoms. The summed E-state index contributed by atoms with van der Waals surface area (Å²) in [6.45, 7) is 1.53. The molecule has 1 N–H and O–H groups in total. The van der Waals surface area contributed by atoms with Crippen LogP contribution in [0.3, 0.4) is 0 Å². The third kappa shape index (κ3) is 0.878. The second-order valence-corrected chi connectivity index (χ2v) is 3.34. The van der Waals surface area contributed by atoms with Crippen LogP contribution in [0.5, 0.6) is 0 Å². The summed E-state index contributed by atoms with van der Waals surface area (Å²) in [6.07, 6.45) is 1.74. The van der Waals surface area contributed by atoms with E-state index in [1.807, 2.05) is 22.8 Å². The molecule has 2 aromatic rings. The Morgan fingerprint density at radius 1 is 1.50 bits per heavy atom. The summed E-state index contributed by atoms with van der Waals surface area (Å²) in [5.41, 5.74) is 2.64. The molecule has 0 aromatic carbocycles. The number of nitrogens with one attached hydrogen (secondary N) is 1. The quantitative estimate of drug-likeness (QED) is 0.662. The lowest BCUT2D eigenvalue weighted by molar-refractivity contribution is 0.0929. The van der Waals surface area contributed by atoms with Crippen LogP contribution in [0.2, 0.25) is 0 Å². The molecule has 0 unspecified atom stereocenters. The number of hydrogen-bond donors (Lipinski definition) is 1. The third-order valence-corrected chi connectivity index (χ3v) is 2.52. The number of aromatic nitrogens is 2. The van der Waals surface area contributed by atoms with E-state index in [-0.39, 0.29) is 5.91 Å². The van der Waals surface area contributed by atoms with Gasteiger partial charge in [-0.1, -0.05) is 0 Å². The van der Waals surface area contributed by atoms with Gasteiger partial charge in [0.1, 0.15) is 5.69 Å². The Morgan fingerprint density at radius 2 is 2.43 bits per heavy atom. The number of rotatable bonds is 0. The van der Waals surface area contributed by atoms with E-state index in [2.05, 4.69) is 10.3 Å². The number of hydrogen-bond acceptors (Lipinski definition) is 2. The summed E-state index contributed by atoms with van der Waals surface area (Å²) in [7, 11) is 0. The van der Waals surface area contributed by atoms with Gasteiger partial charge in [-0.2, -0.15) is 0 Å². The largest absolute Gasteiger partial charge is 0.349 e. The van der Waals surface area contributed by atoms with E-state index >= 15 is 0 Å². The summed E-state index contributed by atoms with van der Waals surface area (Å²) < 4.78 is 2.02. The predicted octanol–water partition coefficient (Wildman–Crippen LogP) is 0.780. The second-order valence-electron chi connectivity index (χ2n) is 3.34. The number of nitrogens with zero attached hydrogens (tertiary/aromatic N) is 2. The average Bonchev–Trinajstić information content (AvgIpc) is 2.59. The lowest BCUT2D eigenvalue weighted by Gasteiger charge is -2.16. The average molecular weight is 187 g/mol. The van der Waals surface area contributed by atoms with Gasteiger partial charge < -0.3 is 9.88 Å². The highest BCUT2D eigenvalue weighted by atomic mass is 16.2. The second kappa shape index (κ2) is 2.57. The molecule has 70 valence electrons. The van der Waals surface area contributed by atoms with Crippen LogP contribution in [0, 0.1) is 0 Å². The first kappa shape index (κ1) is 7.55. The van der Waals surface area contributed by atoms with Gasteiger partial charge in [0.2, 0.25) is 0 Å². The maximum atomic E-state index is 11.5. The Balaban J connectivity index is 2.38. The van der Waals surface area contributed by atoms with E-state index in [4.69, 9.17) is 0 Å². The first-order valence-corrected chi connectivity index (χ1v) is 4.59. The number of carbonyl (C=O) groups is 1. The summed E-state index contributed by atoms with van der Waals surface area (Å²) in [4.78, 5) is 15.7. The van der Waals surface area contributed by atoms with Crippen molar-refractivity contribution in [1.29, 1.82) is 0 Å². The Morgan fingerprint density at radius 3 is 3.36 bits per heavy atom. The number of carbonyl (C=O) groups excluding carboxylic acids is 1. The smallest absolute Gasteiger partial charge is 0.268 e. The van der Waals surface area contributed by atoms with Gasteiger partial charge in [0, 0.05) is 19.3 Å². The molecule has 0 saturated carbocycles. The normalized spacial score (nSPS) is 15.3. The minimum Gasteiger partial charge on any atom is -0.349 e. The van der Waals surface area contributed by atoms with Crippen LogP contribution in [0.15, 0.2) is 24.4 Å². The standard InChI is InChI=1S/C10H9N3O/c14-10-9-6-7-8(2-1-3-11-7)13(9)5-4-12-10/h1-3,6H,4-5H2,(H,12,14). The number of pyridine rings is 1. The zero-order valence-electron chi connectivity index (χ0n) is 7.53. The van der Waals surface area contributed by atoms with Gasteiger partial charge >= 0.3 is 0 Å². The molecule has 0 spiro atoms. The molecule has 3 heterocycles. The summed E-state index contributed by atoms with van der Waals surface area (Å²) in [5, 5.41) is 2.81. The molecule has 0 radical (unpaired) electrons. The van der Waals surface area contributed by atoms with Crippen molar-refractivity contribution in [1.82, 2.24) is 14.9 Å². The van der Waals surface area contributed by atoms with Crippen molar-refractivity contribution in [3.05, 3.63) is 30.1 Å². The van der Waals surface area contributed by atoms with E-state index in [0.29, 0.717) is 12.2 Å². The molecule has 0 aliphatic carbocycles. The van der Waals surface area contributed by atoms with Crippen molar-refractivity contribution >= 4 is 16.9 Å². The van der Waals surface area contributed by atoms with Crippen LogP contribution in [-0.4, -0.2) is 22.0 Å². The van der Waals surface area contributed by atoms with Gasteiger partial charge in [0.05, 0.1) is 11.0 Å². The zero-order chi connectivity index (χ0) is 9.54. The molecular weight excluding hydrogens is 178 g/mol. The van der Waals surface area contributed by atoms with Gasteiger partial charge in [-0.3, -0.25) is 9.78 Å². The van der Waals surface area contributed by atoms with Gasteiger partial charge in [0.15, 0.2) is 0 Å². The topological polar surface area (TPSA) is 46.9 Å². The van der Waals surface area contributed by atoms with Crippen molar-refractivity contribution in [3.63, 3.8) is 0 Å². The fraction of sp³-hybridized carbons (Fsp3) is 0.200. The fourth-order valence-corrected chi connectivity index (χ4v) is 1.89. The van der Waals surface area contributed by atoms with Crippen LogP contribution < -0.4 is 5.32 Å². The molecule has 2 aromatic heterocycles. The van der Waals surface area contributed by atoms with Gasteiger partial charge in [-0.05, 0) is 18.2 Å². The van der Waals surface area contributed by atoms with Gasteiger partial charge in [0.25, 0.3) is 5.91 Å². The summed E-state index contributed by atoms with van der Waals surface area (Å²) in [5.74, 6) is -0.00532. The van der Waals surface area contributed by atoms with Crippen molar-refractivity contribution < 1.29 is 4.79 Å². The van der Waals surface area contributed by atoms with E-state index in [1.165, 1.54) is 0 Å². The van der Waals surface area contributed by atoms with E-state index in [1.54, 1.807) is 6.20 Å². The predicted molar refractivity (Wildman–Crippen MR) is 52.1 cm³/mol. The van der Waals surface area contributed by atoms with E-state index in [9.17, 15) is 4.79 Å². The van der Waals surface area contributed by atoms with Crippen molar-refractivity contribution in [2.45, 2.75) is 6.54 Å². The highest BCUT2D eigenvalue weighted by Gasteiger charge is 2.19. The molecule has 0 saturated heterocycles. The monoisotopic (exact) mass is 187 g/mol. The molecule has 0 bridgehead atoms. The Hall–Kier alpha value is -1.84. The van der Waals surface area contributed by atoms with Gasteiger partial charge in [-0.25, -0.2) is 0 Å². The van der Waals surface area contributed by atoms with Crippen LogP contribution >= 0.6 is 0 Å².